The molecule has 0 aliphatic carbocycles. The lowest BCUT2D eigenvalue weighted by Crippen LogP contribution is -2.12. The average Bonchev–Trinajstić information content (AvgIpc) is 3.27. The number of carboxylic acids is 1. The largest absolute Gasteiger partial charge is 0.478 e. The van der Waals surface area contributed by atoms with Crippen molar-refractivity contribution in [3.63, 3.8) is 0 Å². The Hall–Kier alpha value is -5.43. The van der Waals surface area contributed by atoms with E-state index in [-0.39, 0.29) is 11.3 Å². The van der Waals surface area contributed by atoms with Crippen LogP contribution >= 0.6 is 0 Å². The number of hydrogen-bond donors (Lipinski definition) is 2. The minimum absolute atomic E-state index is 0.121. The first-order chi connectivity index (χ1) is 18.8. The number of carbonyl (C=O) groups excluding carboxylic acids is 3. The molecular formula is C32H24N2O5. The Morgan fingerprint density at radius 3 is 1.95 bits per heavy atom. The molecule has 0 saturated carbocycles. The van der Waals surface area contributed by atoms with Gasteiger partial charge in [0.25, 0.3) is 11.7 Å². The number of hydrogen-bond acceptors (Lipinski definition) is 5. The third-order valence-corrected chi connectivity index (χ3v) is 5.82. The molecule has 0 fully saturated rings. The van der Waals surface area contributed by atoms with Crippen LogP contribution < -0.4 is 5.32 Å². The number of nitrogens with one attached hydrogen (secondary N) is 1. The second-order valence-corrected chi connectivity index (χ2v) is 8.49. The lowest BCUT2D eigenvalue weighted by molar-refractivity contribution is -0.112. The highest BCUT2D eigenvalue weighted by Crippen LogP contribution is 2.24. The molecule has 39 heavy (non-hydrogen) atoms. The summed E-state index contributed by atoms with van der Waals surface area (Å²) in [5.41, 5.74) is 4.43. The highest BCUT2D eigenvalue weighted by atomic mass is 16.4. The number of benzene rings is 4. The zero-order chi connectivity index (χ0) is 27.8. The Kier molecular flexibility index (Phi) is 8.33. The summed E-state index contributed by atoms with van der Waals surface area (Å²) in [4.78, 5) is 48.3. The van der Waals surface area contributed by atoms with Crippen molar-refractivity contribution in [1.82, 2.24) is 4.98 Å². The van der Waals surface area contributed by atoms with E-state index in [1.165, 1.54) is 0 Å². The second-order valence-electron chi connectivity index (χ2n) is 8.49. The van der Waals surface area contributed by atoms with Crippen molar-refractivity contribution in [3.8, 4) is 11.3 Å². The van der Waals surface area contributed by atoms with E-state index in [4.69, 9.17) is 0 Å². The van der Waals surface area contributed by atoms with Crippen LogP contribution in [0, 0.1) is 0 Å². The van der Waals surface area contributed by atoms with Crippen LogP contribution in [0.15, 0.2) is 115 Å². The molecule has 0 bridgehead atoms. The maximum absolute atomic E-state index is 11.4. The van der Waals surface area contributed by atoms with Crippen LogP contribution in [0.4, 0.5) is 5.69 Å². The number of nitrogens with zero attached hydrogens (tertiary/aromatic N) is 1. The van der Waals surface area contributed by atoms with E-state index in [0.717, 1.165) is 11.1 Å². The van der Waals surface area contributed by atoms with Crippen LogP contribution in [0.5, 0.6) is 0 Å². The summed E-state index contributed by atoms with van der Waals surface area (Å²) >= 11 is 0. The molecule has 5 aromatic rings. The van der Waals surface area contributed by atoms with E-state index in [2.05, 4.69) is 10.3 Å². The number of para-hydroxylation sites is 2. The van der Waals surface area contributed by atoms with E-state index < -0.39 is 17.7 Å². The molecular weight excluding hydrogens is 492 g/mol. The first-order valence-corrected chi connectivity index (χ1v) is 12.0. The standard InChI is InChI=1S/C16H11NO2.C8H5NO2.C8H8O/c18-16(19)13-10-15(11-6-2-1-3-7-11)17-14-9-5-4-8-12(13)14;10-7-5-3-1-2-4-6(5)9-8(7)11;1-7(9)8-5-3-2-4-6-8/h1-10H,(H,18,19);1-4H,(H,9,10,11);2-6H,1H3. The van der Waals surface area contributed by atoms with Gasteiger partial charge in [-0.2, -0.15) is 0 Å². The Labute approximate surface area is 224 Å². The molecule has 192 valence electrons. The summed E-state index contributed by atoms with van der Waals surface area (Å²) in [5, 5.41) is 12.4. The monoisotopic (exact) mass is 516 g/mol. The van der Waals surface area contributed by atoms with Crippen molar-refractivity contribution in [3.05, 3.63) is 132 Å². The molecule has 1 amide bonds. The quantitative estimate of drug-likeness (QED) is 0.215. The van der Waals surface area contributed by atoms with E-state index in [0.29, 0.717) is 27.8 Å². The molecule has 4 aromatic carbocycles. The normalized spacial score (nSPS) is 11.3. The maximum Gasteiger partial charge on any atom is 0.336 e. The Morgan fingerprint density at radius 2 is 1.33 bits per heavy atom. The van der Waals surface area contributed by atoms with Gasteiger partial charge in [0.15, 0.2) is 5.78 Å². The molecule has 7 heteroatoms. The predicted octanol–water partition coefficient (Wildman–Crippen LogP) is 6.31. The molecule has 0 radical (unpaired) electrons. The minimum Gasteiger partial charge on any atom is -0.478 e. The summed E-state index contributed by atoms with van der Waals surface area (Å²) in [5.74, 6) is -1.79. The van der Waals surface area contributed by atoms with Crippen LogP contribution in [0.2, 0.25) is 0 Å². The average molecular weight is 517 g/mol. The second kappa shape index (κ2) is 12.2. The van der Waals surface area contributed by atoms with E-state index >= 15 is 0 Å². The van der Waals surface area contributed by atoms with Gasteiger partial charge in [-0.3, -0.25) is 14.4 Å². The van der Waals surface area contributed by atoms with Crippen LogP contribution in [0.3, 0.4) is 0 Å². The number of Topliss-reactive ketones (excluding diaryl/α,β-unsaturated/α-hetero) is 2. The van der Waals surface area contributed by atoms with Gasteiger partial charge in [0.1, 0.15) is 0 Å². The highest BCUT2D eigenvalue weighted by Gasteiger charge is 2.26. The molecule has 0 atom stereocenters. The number of ketones is 2. The maximum atomic E-state index is 11.4. The Bertz CT molecular complexity index is 1660. The summed E-state index contributed by atoms with van der Waals surface area (Å²) < 4.78 is 0. The van der Waals surface area contributed by atoms with E-state index in [1.807, 2.05) is 78.9 Å². The van der Waals surface area contributed by atoms with Gasteiger partial charge < -0.3 is 10.4 Å². The number of fused-ring (bicyclic) bond motifs is 2. The number of pyridine rings is 1. The van der Waals surface area contributed by atoms with Crippen molar-refractivity contribution in [2.45, 2.75) is 6.92 Å². The van der Waals surface area contributed by atoms with Crippen LogP contribution in [-0.2, 0) is 4.79 Å². The van der Waals surface area contributed by atoms with Gasteiger partial charge in [-0.25, -0.2) is 9.78 Å². The zero-order valence-electron chi connectivity index (χ0n) is 21.0. The third-order valence-electron chi connectivity index (χ3n) is 5.82. The summed E-state index contributed by atoms with van der Waals surface area (Å²) in [7, 11) is 0. The van der Waals surface area contributed by atoms with Crippen LogP contribution in [-0.4, -0.2) is 33.5 Å². The molecule has 0 unspecified atom stereocenters. The first kappa shape index (κ1) is 26.6. The number of anilines is 1. The summed E-state index contributed by atoms with van der Waals surface area (Å²) in [6, 6.07) is 34.6. The van der Waals surface area contributed by atoms with Crippen molar-refractivity contribution in [2.24, 2.45) is 0 Å². The van der Waals surface area contributed by atoms with Gasteiger partial charge in [-0.1, -0.05) is 91.0 Å². The molecule has 2 N–H and O–H groups in total. The molecule has 1 aliphatic rings. The SMILES string of the molecule is CC(=O)c1ccccc1.O=C(O)c1cc(-c2ccccc2)nc2ccccc12.O=C1Nc2ccccc2C1=O. The smallest absolute Gasteiger partial charge is 0.336 e. The number of carboxylic acid groups (broad SMARTS) is 1. The fraction of sp³-hybridized carbons (Fsp3) is 0.0312. The molecule has 0 saturated heterocycles. The molecule has 0 spiro atoms. The van der Waals surface area contributed by atoms with Gasteiger partial charge in [-0.15, -0.1) is 0 Å². The number of aromatic carboxylic acids is 1. The Morgan fingerprint density at radius 1 is 0.744 bits per heavy atom. The number of carbonyl (C=O) groups is 4. The summed E-state index contributed by atoms with van der Waals surface area (Å²) in [6.45, 7) is 1.56. The lowest BCUT2D eigenvalue weighted by Gasteiger charge is -2.06. The lowest BCUT2D eigenvalue weighted by atomic mass is 10.0. The van der Waals surface area contributed by atoms with Crippen LogP contribution in [0.25, 0.3) is 22.2 Å². The van der Waals surface area contributed by atoms with Gasteiger partial charge in [0, 0.05) is 16.5 Å². The first-order valence-electron chi connectivity index (χ1n) is 12.0. The Balaban J connectivity index is 0.000000149. The van der Waals surface area contributed by atoms with Gasteiger partial charge in [-0.05, 0) is 31.2 Å². The molecule has 1 aromatic heterocycles. The topological polar surface area (TPSA) is 113 Å². The van der Waals surface area contributed by atoms with E-state index in [9.17, 15) is 24.3 Å². The number of aromatic nitrogens is 1. The zero-order valence-corrected chi connectivity index (χ0v) is 21.0. The van der Waals surface area contributed by atoms with Gasteiger partial charge in [0.2, 0.25) is 0 Å². The number of rotatable bonds is 3. The predicted molar refractivity (Wildman–Crippen MR) is 150 cm³/mol. The highest BCUT2D eigenvalue weighted by molar-refractivity contribution is 6.51. The van der Waals surface area contributed by atoms with Crippen molar-refractivity contribution in [1.29, 1.82) is 0 Å². The molecule has 7 nitrogen and oxygen atoms in total. The molecule has 1 aliphatic heterocycles. The van der Waals surface area contributed by atoms with Crippen LogP contribution in [0.1, 0.15) is 38.0 Å². The van der Waals surface area contributed by atoms with Crippen molar-refractivity contribution in [2.75, 3.05) is 5.32 Å². The van der Waals surface area contributed by atoms with E-state index in [1.54, 1.807) is 43.3 Å². The fourth-order valence-electron chi connectivity index (χ4n) is 3.87. The van der Waals surface area contributed by atoms with Crippen molar-refractivity contribution >= 4 is 40.0 Å². The third kappa shape index (κ3) is 6.47. The minimum atomic E-state index is -0.934. The molecule has 6 rings (SSSR count). The van der Waals surface area contributed by atoms with Gasteiger partial charge in [0.05, 0.1) is 28.0 Å². The fourth-order valence-corrected chi connectivity index (χ4v) is 3.87. The molecule has 2 heterocycles. The van der Waals surface area contributed by atoms with Gasteiger partial charge >= 0.3 is 5.97 Å². The summed E-state index contributed by atoms with van der Waals surface area (Å²) in [6.07, 6.45) is 0. The number of amides is 1. The van der Waals surface area contributed by atoms with Crippen molar-refractivity contribution < 1.29 is 24.3 Å².